The SMILES string of the molecule is COC(=O)/C(C#N)=N/Nc1ccc(S(=O)(=O)Nc2nccs2)cc1. The molecule has 2 aromatic rings. The minimum atomic E-state index is -3.75. The second-order valence-corrected chi connectivity index (χ2v) is 6.72. The fourth-order valence-electron chi connectivity index (χ4n) is 1.49. The molecule has 2 rings (SSSR count). The van der Waals surface area contributed by atoms with Crippen LogP contribution in [-0.4, -0.2) is 32.2 Å². The number of benzene rings is 1. The molecule has 11 heteroatoms. The Labute approximate surface area is 141 Å². The molecule has 0 atom stereocenters. The fourth-order valence-corrected chi connectivity index (χ4v) is 3.28. The Morgan fingerprint density at radius 2 is 2.08 bits per heavy atom. The van der Waals surface area contributed by atoms with E-state index in [4.69, 9.17) is 5.26 Å². The maximum atomic E-state index is 12.2. The molecule has 1 heterocycles. The number of nitrogens with one attached hydrogen (secondary N) is 2. The summed E-state index contributed by atoms with van der Waals surface area (Å²) in [5.41, 5.74) is 2.40. The van der Waals surface area contributed by atoms with Crippen LogP contribution in [0.1, 0.15) is 0 Å². The molecule has 0 spiro atoms. The van der Waals surface area contributed by atoms with Crippen LogP contribution >= 0.6 is 11.3 Å². The van der Waals surface area contributed by atoms with Gasteiger partial charge in [-0.1, -0.05) is 0 Å². The number of esters is 1. The number of carbonyl (C=O) groups excluding carboxylic acids is 1. The molecule has 0 bridgehead atoms. The Bertz CT molecular complexity index is 883. The first kappa shape index (κ1) is 17.4. The van der Waals surface area contributed by atoms with Gasteiger partial charge in [-0.05, 0) is 24.3 Å². The van der Waals surface area contributed by atoms with Gasteiger partial charge >= 0.3 is 5.97 Å². The lowest BCUT2D eigenvalue weighted by atomic mass is 10.3. The Morgan fingerprint density at radius 3 is 2.62 bits per heavy atom. The van der Waals surface area contributed by atoms with Gasteiger partial charge in [0.25, 0.3) is 10.0 Å². The smallest absolute Gasteiger partial charge is 0.369 e. The number of nitriles is 1. The zero-order valence-corrected chi connectivity index (χ0v) is 13.9. The number of thiazole rings is 1. The molecule has 2 N–H and O–H groups in total. The lowest BCUT2D eigenvalue weighted by molar-refractivity contribution is -0.132. The molecule has 0 saturated carbocycles. The fraction of sp³-hybridized carbons (Fsp3) is 0.0769. The number of carbonyl (C=O) groups is 1. The normalized spacial score (nSPS) is 11.4. The van der Waals surface area contributed by atoms with Crippen LogP contribution in [-0.2, 0) is 19.6 Å². The van der Waals surface area contributed by atoms with Crippen molar-refractivity contribution in [3.05, 3.63) is 35.8 Å². The number of hydrazone groups is 1. The largest absolute Gasteiger partial charge is 0.464 e. The quantitative estimate of drug-likeness (QED) is 0.449. The zero-order chi connectivity index (χ0) is 17.6. The van der Waals surface area contributed by atoms with Crippen LogP contribution in [0.5, 0.6) is 0 Å². The predicted molar refractivity (Wildman–Crippen MR) is 88.1 cm³/mol. The highest BCUT2D eigenvalue weighted by molar-refractivity contribution is 7.93. The lowest BCUT2D eigenvalue weighted by Crippen LogP contribution is -2.15. The molecule has 124 valence electrons. The standard InChI is InChI=1S/C13H11N5O4S2/c1-22-12(19)11(8-14)17-16-9-2-4-10(5-3-9)24(20,21)18-13-15-6-7-23-13/h2-7,16H,1H3,(H,15,18)/b17-11+. The Kier molecular flexibility index (Phi) is 5.46. The van der Waals surface area contributed by atoms with E-state index in [0.29, 0.717) is 5.69 Å². The van der Waals surface area contributed by atoms with Crippen molar-refractivity contribution in [1.29, 1.82) is 5.26 Å². The number of hydrogen-bond acceptors (Lipinski definition) is 9. The molecule has 1 aromatic heterocycles. The van der Waals surface area contributed by atoms with Gasteiger partial charge in [-0.3, -0.25) is 10.1 Å². The Balaban J connectivity index is 2.12. The minimum absolute atomic E-state index is 0.0284. The summed E-state index contributed by atoms with van der Waals surface area (Å²) < 4.78 is 31.0. The van der Waals surface area contributed by atoms with Crippen LogP contribution in [0.3, 0.4) is 0 Å². The third-order valence-electron chi connectivity index (χ3n) is 2.60. The van der Waals surface area contributed by atoms with Crippen LogP contribution in [0.25, 0.3) is 0 Å². The first-order valence-corrected chi connectivity index (χ1v) is 8.67. The zero-order valence-electron chi connectivity index (χ0n) is 12.3. The van der Waals surface area contributed by atoms with Crippen LogP contribution in [0.2, 0.25) is 0 Å². The van der Waals surface area contributed by atoms with E-state index < -0.39 is 21.7 Å². The maximum Gasteiger partial charge on any atom is 0.369 e. The molecule has 0 aliphatic heterocycles. The van der Waals surface area contributed by atoms with Crippen molar-refractivity contribution in [2.75, 3.05) is 17.3 Å². The van der Waals surface area contributed by atoms with Gasteiger partial charge in [-0.25, -0.2) is 18.2 Å². The van der Waals surface area contributed by atoms with E-state index in [9.17, 15) is 13.2 Å². The topological polar surface area (TPSA) is 134 Å². The minimum Gasteiger partial charge on any atom is -0.464 e. The average Bonchev–Trinajstić information content (AvgIpc) is 3.07. The highest BCUT2D eigenvalue weighted by Crippen LogP contribution is 2.19. The van der Waals surface area contributed by atoms with Gasteiger partial charge in [0.15, 0.2) is 5.13 Å². The summed E-state index contributed by atoms with van der Waals surface area (Å²) in [6.07, 6.45) is 1.49. The third-order valence-corrected chi connectivity index (χ3v) is 4.77. The highest BCUT2D eigenvalue weighted by atomic mass is 32.2. The van der Waals surface area contributed by atoms with E-state index in [2.05, 4.69) is 25.0 Å². The van der Waals surface area contributed by atoms with Gasteiger partial charge in [-0.2, -0.15) is 10.4 Å². The molecule has 24 heavy (non-hydrogen) atoms. The van der Waals surface area contributed by atoms with Gasteiger partial charge in [0.2, 0.25) is 5.71 Å². The summed E-state index contributed by atoms with van der Waals surface area (Å²) in [5.74, 6) is -0.878. The third kappa shape index (κ3) is 4.28. The average molecular weight is 365 g/mol. The molecule has 0 amide bonds. The number of sulfonamides is 1. The monoisotopic (exact) mass is 365 g/mol. The Hall–Kier alpha value is -2.97. The summed E-state index contributed by atoms with van der Waals surface area (Å²) in [6.45, 7) is 0. The molecule has 0 fully saturated rings. The van der Waals surface area contributed by atoms with Gasteiger partial charge in [0.1, 0.15) is 6.07 Å². The number of rotatable bonds is 6. The molecule has 0 aliphatic rings. The molecule has 0 unspecified atom stereocenters. The number of anilines is 2. The van der Waals surface area contributed by atoms with Crippen molar-refractivity contribution in [1.82, 2.24) is 4.98 Å². The second kappa shape index (κ2) is 7.53. The van der Waals surface area contributed by atoms with E-state index in [1.165, 1.54) is 30.5 Å². The number of nitrogens with zero attached hydrogens (tertiary/aromatic N) is 3. The van der Waals surface area contributed by atoms with Gasteiger partial charge < -0.3 is 4.74 Å². The molecule has 0 saturated heterocycles. The van der Waals surface area contributed by atoms with E-state index >= 15 is 0 Å². The number of aromatic nitrogens is 1. The van der Waals surface area contributed by atoms with Gasteiger partial charge in [0.05, 0.1) is 17.7 Å². The van der Waals surface area contributed by atoms with Crippen molar-refractivity contribution < 1.29 is 17.9 Å². The molecular formula is C13H11N5O4S2. The first-order chi connectivity index (χ1) is 11.5. The number of ether oxygens (including phenoxy) is 1. The lowest BCUT2D eigenvalue weighted by Gasteiger charge is -2.06. The highest BCUT2D eigenvalue weighted by Gasteiger charge is 2.15. The van der Waals surface area contributed by atoms with E-state index in [1.807, 2.05) is 0 Å². The van der Waals surface area contributed by atoms with Crippen molar-refractivity contribution in [3.8, 4) is 6.07 Å². The van der Waals surface area contributed by atoms with Crippen LogP contribution in [0, 0.1) is 11.3 Å². The van der Waals surface area contributed by atoms with Gasteiger partial charge in [0, 0.05) is 11.6 Å². The summed E-state index contributed by atoms with van der Waals surface area (Å²) in [7, 11) is -2.62. The Morgan fingerprint density at radius 1 is 1.38 bits per heavy atom. The van der Waals surface area contributed by atoms with Crippen LogP contribution in [0.15, 0.2) is 45.8 Å². The number of hydrogen-bond donors (Lipinski definition) is 2. The van der Waals surface area contributed by atoms with Crippen molar-refractivity contribution in [3.63, 3.8) is 0 Å². The molecule has 0 radical (unpaired) electrons. The summed E-state index contributed by atoms with van der Waals surface area (Å²) in [5, 5.41) is 14.3. The van der Waals surface area contributed by atoms with Crippen molar-refractivity contribution >= 4 is 43.9 Å². The summed E-state index contributed by atoms with van der Waals surface area (Å²) in [4.78, 5) is 15.1. The van der Waals surface area contributed by atoms with Crippen LogP contribution < -0.4 is 10.1 Å². The van der Waals surface area contributed by atoms with Crippen molar-refractivity contribution in [2.24, 2.45) is 5.10 Å². The second-order valence-electron chi connectivity index (χ2n) is 4.14. The first-order valence-electron chi connectivity index (χ1n) is 6.31. The maximum absolute atomic E-state index is 12.2. The van der Waals surface area contributed by atoms with Crippen molar-refractivity contribution in [2.45, 2.75) is 4.90 Å². The van der Waals surface area contributed by atoms with E-state index in [0.717, 1.165) is 18.4 Å². The van der Waals surface area contributed by atoms with Gasteiger partial charge in [-0.15, -0.1) is 11.3 Å². The summed E-state index contributed by atoms with van der Waals surface area (Å²) in [6, 6.07) is 7.15. The number of methoxy groups -OCH3 is 1. The van der Waals surface area contributed by atoms with E-state index in [-0.39, 0.29) is 10.0 Å². The van der Waals surface area contributed by atoms with Crippen LogP contribution in [0.4, 0.5) is 10.8 Å². The molecular weight excluding hydrogens is 354 g/mol. The molecule has 9 nitrogen and oxygen atoms in total. The summed E-state index contributed by atoms with van der Waals surface area (Å²) >= 11 is 1.16. The van der Waals surface area contributed by atoms with E-state index in [1.54, 1.807) is 11.4 Å². The molecule has 0 aliphatic carbocycles. The molecule has 1 aromatic carbocycles. The predicted octanol–water partition coefficient (Wildman–Crippen LogP) is 1.41.